The predicted octanol–water partition coefficient (Wildman–Crippen LogP) is 4.24. The highest BCUT2D eigenvalue weighted by Crippen LogP contribution is 2.44. The molecule has 1 fully saturated rings. The Morgan fingerprint density at radius 1 is 1.22 bits per heavy atom. The molecule has 1 aliphatic carbocycles. The van der Waals surface area contributed by atoms with Crippen LogP contribution in [0.5, 0.6) is 0 Å². The number of rotatable bonds is 6. The van der Waals surface area contributed by atoms with Crippen LogP contribution < -0.4 is 5.32 Å². The third-order valence-electron chi connectivity index (χ3n) is 3.60. The molecule has 0 spiro atoms. The lowest BCUT2D eigenvalue weighted by molar-refractivity contribution is 0.343. The third-order valence-corrected chi connectivity index (χ3v) is 5.35. The number of hydrogen-bond donors (Lipinski definition) is 1. The molecule has 2 aromatic carbocycles. The van der Waals surface area contributed by atoms with E-state index in [9.17, 15) is 12.8 Å². The Hall–Kier alpha value is -1.44. The fourth-order valence-electron chi connectivity index (χ4n) is 2.35. The van der Waals surface area contributed by atoms with E-state index in [1.54, 1.807) is 24.3 Å². The molecule has 4 nitrogen and oxygen atoms in total. The molecule has 2 aromatic rings. The summed E-state index contributed by atoms with van der Waals surface area (Å²) in [6.45, 7) is -0.252. The van der Waals surface area contributed by atoms with Gasteiger partial charge < -0.3 is 5.32 Å². The van der Waals surface area contributed by atoms with Crippen LogP contribution in [0.3, 0.4) is 0 Å². The Labute approximate surface area is 142 Å². The molecule has 23 heavy (non-hydrogen) atoms. The van der Waals surface area contributed by atoms with Gasteiger partial charge in [0.1, 0.15) is 12.5 Å². The van der Waals surface area contributed by atoms with Gasteiger partial charge in [0.25, 0.3) is 10.1 Å². The fourth-order valence-corrected chi connectivity index (χ4v) is 3.77. The van der Waals surface area contributed by atoms with Crippen molar-refractivity contribution in [1.29, 1.82) is 0 Å². The number of benzene rings is 2. The monoisotopic (exact) mass is 399 g/mol. The van der Waals surface area contributed by atoms with E-state index in [0.29, 0.717) is 15.7 Å². The first-order valence-corrected chi connectivity index (χ1v) is 9.35. The normalized spacial score (nSPS) is 14.7. The largest absolute Gasteiger partial charge is 0.361 e. The molecule has 0 bridgehead atoms. The molecule has 0 unspecified atom stereocenters. The van der Waals surface area contributed by atoms with Crippen molar-refractivity contribution in [2.45, 2.75) is 23.7 Å². The SMILES string of the molecule is O=S(=O)(OCNc1cccc(F)c1C1CC1)c1cccc(Br)c1. The summed E-state index contributed by atoms with van der Waals surface area (Å²) in [5.74, 6) is -0.0623. The summed E-state index contributed by atoms with van der Waals surface area (Å²) < 4.78 is 43.8. The van der Waals surface area contributed by atoms with Gasteiger partial charge in [0.05, 0.1) is 4.90 Å². The standard InChI is InChI=1S/C16H15BrFNO3S/c17-12-3-1-4-13(9-12)23(20,21)22-10-19-15-6-2-5-14(18)16(15)11-7-8-11/h1-6,9,11,19H,7-8,10H2. The van der Waals surface area contributed by atoms with E-state index >= 15 is 0 Å². The van der Waals surface area contributed by atoms with Crippen molar-refractivity contribution in [3.8, 4) is 0 Å². The van der Waals surface area contributed by atoms with Gasteiger partial charge in [0.2, 0.25) is 0 Å². The average molecular weight is 400 g/mol. The summed E-state index contributed by atoms with van der Waals surface area (Å²) in [6, 6.07) is 11.0. The van der Waals surface area contributed by atoms with E-state index in [0.717, 1.165) is 12.8 Å². The molecule has 0 heterocycles. The van der Waals surface area contributed by atoms with Crippen LogP contribution in [0.15, 0.2) is 51.8 Å². The highest BCUT2D eigenvalue weighted by molar-refractivity contribution is 9.10. The van der Waals surface area contributed by atoms with Gasteiger partial charge >= 0.3 is 0 Å². The van der Waals surface area contributed by atoms with Crippen LogP contribution in [0.2, 0.25) is 0 Å². The number of hydrogen-bond acceptors (Lipinski definition) is 4. The Morgan fingerprint density at radius 2 is 1.96 bits per heavy atom. The van der Waals surface area contributed by atoms with Crippen LogP contribution >= 0.6 is 15.9 Å². The second-order valence-corrected chi connectivity index (χ2v) is 7.86. The Morgan fingerprint density at radius 3 is 2.65 bits per heavy atom. The molecule has 0 aromatic heterocycles. The van der Waals surface area contributed by atoms with Crippen LogP contribution in [0.4, 0.5) is 10.1 Å². The Balaban J connectivity index is 1.69. The molecule has 0 amide bonds. The van der Waals surface area contributed by atoms with Gasteiger partial charge in [0.15, 0.2) is 0 Å². The summed E-state index contributed by atoms with van der Waals surface area (Å²) in [4.78, 5) is 0.0651. The number of anilines is 1. The minimum atomic E-state index is -3.87. The van der Waals surface area contributed by atoms with E-state index in [4.69, 9.17) is 4.18 Å². The van der Waals surface area contributed by atoms with Crippen LogP contribution in [0.1, 0.15) is 24.3 Å². The zero-order chi connectivity index (χ0) is 16.4. The van der Waals surface area contributed by atoms with E-state index < -0.39 is 10.1 Å². The van der Waals surface area contributed by atoms with Crippen LogP contribution in [0.25, 0.3) is 0 Å². The summed E-state index contributed by atoms with van der Waals surface area (Å²) in [5.41, 5.74) is 1.19. The second-order valence-electron chi connectivity index (χ2n) is 5.33. The highest BCUT2D eigenvalue weighted by atomic mass is 79.9. The van der Waals surface area contributed by atoms with Gasteiger partial charge in [0, 0.05) is 15.7 Å². The van der Waals surface area contributed by atoms with Crippen LogP contribution in [-0.4, -0.2) is 15.1 Å². The van der Waals surface area contributed by atoms with Crippen molar-refractivity contribution < 1.29 is 17.0 Å². The van der Waals surface area contributed by atoms with E-state index in [1.807, 2.05) is 0 Å². The topological polar surface area (TPSA) is 55.4 Å². The maximum Gasteiger partial charge on any atom is 0.298 e. The smallest absolute Gasteiger partial charge is 0.298 e. The van der Waals surface area contributed by atoms with Gasteiger partial charge in [-0.15, -0.1) is 0 Å². The molecule has 1 N–H and O–H groups in total. The van der Waals surface area contributed by atoms with Gasteiger partial charge in [-0.25, -0.2) is 8.57 Å². The molecule has 1 aliphatic rings. The van der Waals surface area contributed by atoms with Crippen molar-refractivity contribution in [2.24, 2.45) is 0 Å². The maximum absolute atomic E-state index is 13.9. The first kappa shape index (κ1) is 16.4. The lowest BCUT2D eigenvalue weighted by Crippen LogP contribution is -2.14. The van der Waals surface area contributed by atoms with Crippen molar-refractivity contribution in [3.05, 3.63) is 58.3 Å². The summed E-state index contributed by atoms with van der Waals surface area (Å²) in [7, 11) is -3.87. The molecule has 0 aliphatic heterocycles. The lowest BCUT2D eigenvalue weighted by atomic mass is 10.1. The molecular weight excluding hydrogens is 385 g/mol. The van der Waals surface area contributed by atoms with E-state index in [1.165, 1.54) is 18.2 Å². The molecule has 0 atom stereocenters. The second kappa shape index (κ2) is 6.59. The number of nitrogens with one attached hydrogen (secondary N) is 1. The maximum atomic E-state index is 13.9. The fraction of sp³-hybridized carbons (Fsp3) is 0.250. The minimum Gasteiger partial charge on any atom is -0.361 e. The highest BCUT2D eigenvalue weighted by Gasteiger charge is 2.29. The van der Waals surface area contributed by atoms with Crippen molar-refractivity contribution in [3.63, 3.8) is 0 Å². The summed E-state index contributed by atoms with van der Waals surface area (Å²) in [5, 5.41) is 2.86. The average Bonchev–Trinajstić information content (AvgIpc) is 3.32. The molecule has 0 saturated heterocycles. The van der Waals surface area contributed by atoms with Crippen LogP contribution in [0, 0.1) is 5.82 Å². The summed E-state index contributed by atoms with van der Waals surface area (Å²) >= 11 is 3.22. The first-order chi connectivity index (χ1) is 11.0. The van der Waals surface area contributed by atoms with Crippen molar-refractivity contribution in [1.82, 2.24) is 0 Å². The van der Waals surface area contributed by atoms with Gasteiger partial charge in [-0.3, -0.25) is 0 Å². The molecular formula is C16H15BrFNO3S. The lowest BCUT2D eigenvalue weighted by Gasteiger charge is -2.13. The van der Waals surface area contributed by atoms with E-state index in [2.05, 4.69) is 21.2 Å². The zero-order valence-electron chi connectivity index (χ0n) is 12.1. The van der Waals surface area contributed by atoms with Crippen molar-refractivity contribution in [2.75, 3.05) is 12.0 Å². The number of halogens is 2. The zero-order valence-corrected chi connectivity index (χ0v) is 14.5. The Kier molecular flexibility index (Phi) is 4.70. The molecule has 1 saturated carbocycles. The molecule has 7 heteroatoms. The quantitative estimate of drug-likeness (QED) is 0.582. The van der Waals surface area contributed by atoms with Gasteiger partial charge in [-0.1, -0.05) is 28.1 Å². The minimum absolute atomic E-state index is 0.0651. The third kappa shape index (κ3) is 3.91. The first-order valence-electron chi connectivity index (χ1n) is 7.14. The molecule has 122 valence electrons. The van der Waals surface area contributed by atoms with Gasteiger partial charge in [-0.05, 0) is 49.1 Å². The predicted molar refractivity (Wildman–Crippen MR) is 89.3 cm³/mol. The molecule has 3 rings (SSSR count). The van der Waals surface area contributed by atoms with Crippen LogP contribution in [-0.2, 0) is 14.3 Å². The van der Waals surface area contributed by atoms with Crippen molar-refractivity contribution >= 4 is 31.7 Å². The van der Waals surface area contributed by atoms with E-state index in [-0.39, 0.29) is 23.4 Å². The summed E-state index contributed by atoms with van der Waals surface area (Å²) in [6.07, 6.45) is 1.90. The molecule has 0 radical (unpaired) electrons. The van der Waals surface area contributed by atoms with Gasteiger partial charge in [-0.2, -0.15) is 8.42 Å². The Bertz CT molecular complexity index is 822.